The van der Waals surface area contributed by atoms with Crippen LogP contribution in [0.3, 0.4) is 0 Å². The minimum absolute atomic E-state index is 0.815. The van der Waals surface area contributed by atoms with E-state index in [1.807, 2.05) is 0 Å². The molecular weight excluding hydrogens is 219 g/mol. The van der Waals surface area contributed by atoms with Crippen LogP contribution in [0.15, 0.2) is 0 Å². The summed E-state index contributed by atoms with van der Waals surface area (Å²) in [5.41, 5.74) is 5.19. The Labute approximate surface area is 68.4 Å². The molecule has 0 aliphatic carbocycles. The zero-order chi connectivity index (χ0) is 6.83. The second-order valence-electron chi connectivity index (χ2n) is 1.35. The molecule has 8 heavy (non-hydrogen) atoms. The zero-order valence-corrected chi connectivity index (χ0v) is 9.75. The van der Waals surface area contributed by atoms with Gasteiger partial charge in [-0.1, -0.05) is 6.42 Å². The molecule has 0 unspecified atom stereocenters. The molecule has 0 atom stereocenters. The van der Waals surface area contributed by atoms with Gasteiger partial charge in [-0.15, -0.1) is 0 Å². The predicted octanol–water partition coefficient (Wildman–Crippen LogP) is 1.79. The molecule has 0 saturated carbocycles. The summed E-state index contributed by atoms with van der Waals surface area (Å²) in [7, 11) is 0. The third kappa shape index (κ3) is 15.7. The third-order valence-corrected chi connectivity index (χ3v) is 0.704. The fraction of sp³-hybridized carbons (Fsp3) is 0.800. The number of hydrogen-bond acceptors (Lipinski definition) is 1. The number of nitrogens with two attached hydrogens (primary N) is 1. The Kier molecular flexibility index (Phi) is 23.2. The van der Waals surface area contributed by atoms with E-state index < -0.39 is 0 Å². The van der Waals surface area contributed by atoms with Gasteiger partial charge in [-0.2, -0.15) is 6.42 Å². The van der Waals surface area contributed by atoms with Gasteiger partial charge in [0.1, 0.15) is 0 Å². The summed E-state index contributed by atoms with van der Waals surface area (Å²) < 4.78 is 0. The average Bonchev–Trinajstić information content (AvgIpc) is 1.88. The van der Waals surface area contributed by atoms with E-state index in [1.165, 1.54) is 22.8 Å². The van der Waals surface area contributed by atoms with Crippen molar-refractivity contribution in [3.63, 3.8) is 0 Å². The number of unbranched alkanes of at least 4 members (excludes halogenated alkanes) is 2. The van der Waals surface area contributed by atoms with Crippen molar-refractivity contribution in [1.29, 1.82) is 0 Å². The van der Waals surface area contributed by atoms with Crippen molar-refractivity contribution in [2.45, 2.75) is 19.3 Å². The Hall–Kier alpha value is 1.06. The molecule has 0 rings (SSSR count). The molecule has 0 aromatic carbocycles. The van der Waals surface area contributed by atoms with Crippen LogP contribution in [0.2, 0.25) is 0 Å². The predicted molar refractivity (Wildman–Crippen MR) is 37.2 cm³/mol. The Morgan fingerprint density at radius 2 is 1.88 bits per heavy atom. The van der Waals surface area contributed by atoms with Crippen molar-refractivity contribution in [3.8, 4) is 0 Å². The summed E-state index contributed by atoms with van der Waals surface area (Å²) in [6.45, 7) is 4.48. The molecule has 0 aromatic rings. The molecule has 0 spiro atoms. The molecule has 0 aliphatic rings. The Morgan fingerprint density at radius 1 is 1.38 bits per heavy atom. The van der Waals surface area contributed by atoms with Crippen LogP contribution in [0.5, 0.6) is 0 Å². The van der Waals surface area contributed by atoms with E-state index in [2.05, 4.69) is 20.5 Å². The second kappa shape index (κ2) is 15.7. The molecule has 0 amide bonds. The zero-order valence-electron chi connectivity index (χ0n) is 5.20. The van der Waals surface area contributed by atoms with Gasteiger partial charge in [0.05, 0.1) is 0 Å². The summed E-state index contributed by atoms with van der Waals surface area (Å²) in [5.74, 6) is 0. The topological polar surface area (TPSA) is 26.0 Å². The van der Waals surface area contributed by atoms with Gasteiger partial charge in [0, 0.05) is 0 Å². The Balaban J connectivity index is 0. The molecule has 0 saturated heterocycles. The van der Waals surface area contributed by atoms with Crippen molar-refractivity contribution in [2.75, 3.05) is 6.54 Å². The third-order valence-electron chi connectivity index (χ3n) is 0.704. The van der Waals surface area contributed by atoms with Crippen molar-refractivity contribution >= 4 is 13.6 Å². The summed E-state index contributed by atoms with van der Waals surface area (Å²) in [6.07, 6.45) is 3.33. The molecule has 1 nitrogen and oxygen atoms in total. The van der Waals surface area contributed by atoms with E-state index in [9.17, 15) is 0 Å². The molecule has 0 radical (unpaired) electrons. The van der Waals surface area contributed by atoms with Crippen LogP contribution in [-0.4, -0.2) is 6.54 Å². The van der Waals surface area contributed by atoms with Gasteiger partial charge >= 0.3 is 30.0 Å². The van der Waals surface area contributed by atoms with E-state index in [4.69, 9.17) is 5.73 Å². The van der Waals surface area contributed by atoms with Crippen molar-refractivity contribution in [1.82, 2.24) is 0 Å². The van der Waals surface area contributed by atoms with Crippen molar-refractivity contribution < 1.29 is 16.3 Å². The van der Waals surface area contributed by atoms with Crippen molar-refractivity contribution in [2.24, 2.45) is 5.73 Å². The first-order chi connectivity index (χ1) is 3.91. The first kappa shape index (κ1) is 11.8. The van der Waals surface area contributed by atoms with E-state index in [-0.39, 0.29) is 0 Å². The fourth-order valence-electron chi connectivity index (χ4n) is 0.321. The molecule has 0 heterocycles. The maximum absolute atomic E-state index is 5.19. The van der Waals surface area contributed by atoms with Crippen LogP contribution in [0.4, 0.5) is 0 Å². The Morgan fingerprint density at radius 3 is 2.00 bits per heavy atom. The first-order valence-electron chi connectivity index (χ1n) is 2.68. The number of hydrogen-bond donors (Lipinski definition) is 1. The quantitative estimate of drug-likeness (QED) is 0.447. The van der Waals surface area contributed by atoms with E-state index >= 15 is 0 Å². The van der Waals surface area contributed by atoms with Crippen LogP contribution < -0.4 is 5.73 Å². The van der Waals surface area contributed by atoms with Gasteiger partial charge < -0.3 is 12.7 Å². The molecule has 3 heteroatoms. The maximum atomic E-state index is 5.19. The van der Waals surface area contributed by atoms with Gasteiger partial charge in [0.2, 0.25) is 0 Å². The van der Waals surface area contributed by atoms with Gasteiger partial charge in [0.25, 0.3) is 0 Å². The van der Waals surface area contributed by atoms with Gasteiger partial charge in [-0.05, 0) is 13.0 Å². The molecule has 46 valence electrons. The summed E-state index contributed by atoms with van der Waals surface area (Å²) >= 11 is 4.25. The Bertz CT molecular complexity index is 24.4. The summed E-state index contributed by atoms with van der Waals surface area (Å²) in [4.78, 5) is 0. The molecule has 0 aromatic heterocycles. The van der Waals surface area contributed by atoms with E-state index in [0.29, 0.717) is 0 Å². The van der Waals surface area contributed by atoms with Crippen LogP contribution in [0, 0.1) is 6.92 Å². The minimum atomic E-state index is 0.815. The van der Waals surface area contributed by atoms with Crippen LogP contribution >= 0.6 is 13.6 Å². The molecule has 0 bridgehead atoms. The van der Waals surface area contributed by atoms with Gasteiger partial charge in [-0.25, -0.2) is 0 Å². The van der Waals surface area contributed by atoms with Crippen LogP contribution in [-0.2, 0) is 16.3 Å². The van der Waals surface area contributed by atoms with E-state index in [0.717, 1.165) is 19.4 Å². The molecular formula is C5H12BrNZn. The van der Waals surface area contributed by atoms with Crippen molar-refractivity contribution in [3.05, 3.63) is 6.92 Å². The van der Waals surface area contributed by atoms with Gasteiger partial charge in [0.15, 0.2) is 0 Å². The molecule has 0 aliphatic heterocycles. The van der Waals surface area contributed by atoms with Gasteiger partial charge in [-0.3, -0.25) is 0 Å². The number of rotatable bonds is 3. The SMILES string of the molecule is [CH2-]CCCCN.[Zn+][Br]. The normalized spacial score (nSPS) is 7.62. The van der Waals surface area contributed by atoms with E-state index in [1.54, 1.807) is 0 Å². The second-order valence-corrected chi connectivity index (χ2v) is 1.35. The summed E-state index contributed by atoms with van der Waals surface area (Å²) in [6, 6.07) is 0. The van der Waals surface area contributed by atoms with Crippen LogP contribution in [0.1, 0.15) is 19.3 Å². The number of halogens is 1. The average molecular weight is 231 g/mol. The molecule has 0 fully saturated rings. The summed E-state index contributed by atoms with van der Waals surface area (Å²) in [5, 5.41) is 0. The standard InChI is InChI=1S/C5H12N.BrH.Zn/c1-2-3-4-5-6;;/h1-6H2;1H;/q-1;;+2/p-1. The first-order valence-corrected chi connectivity index (χ1v) is 9.62. The fourth-order valence-corrected chi connectivity index (χ4v) is 0.321. The molecule has 2 N–H and O–H groups in total. The monoisotopic (exact) mass is 229 g/mol. The van der Waals surface area contributed by atoms with Crippen LogP contribution in [0.25, 0.3) is 0 Å².